The van der Waals surface area contributed by atoms with Crippen LogP contribution in [0.1, 0.15) is 12.5 Å². The molecule has 2 aromatic rings. The van der Waals surface area contributed by atoms with E-state index in [1.54, 1.807) is 26.0 Å². The lowest BCUT2D eigenvalue weighted by molar-refractivity contribution is -0.141. The summed E-state index contributed by atoms with van der Waals surface area (Å²) in [6, 6.07) is 10.6. The lowest BCUT2D eigenvalue weighted by atomic mass is 10.2. The number of ether oxygens (including phenoxy) is 1. The Morgan fingerprint density at radius 1 is 1.08 bits per heavy atom. The number of nitrogens with zero attached hydrogens (tertiary/aromatic N) is 1. The average Bonchev–Trinajstić information content (AvgIpc) is 2.55. The van der Waals surface area contributed by atoms with E-state index >= 15 is 0 Å². The molecule has 25 heavy (non-hydrogen) atoms. The lowest BCUT2D eigenvalue weighted by Crippen LogP contribution is -2.37. The van der Waals surface area contributed by atoms with Crippen LogP contribution in [0, 0.1) is 6.92 Å². The first kappa shape index (κ1) is 19.6. The number of carbonyl (C=O) groups excluding carboxylic acids is 1. The Morgan fingerprint density at radius 3 is 2.28 bits per heavy atom. The van der Waals surface area contributed by atoms with Gasteiger partial charge in [0.05, 0.1) is 17.2 Å². The zero-order valence-electron chi connectivity index (χ0n) is 13.7. The van der Waals surface area contributed by atoms with E-state index in [4.69, 9.17) is 27.9 Å². The normalized spacial score (nSPS) is 11.2. The maximum atomic E-state index is 13.1. The molecular weight excluding hydrogens is 385 g/mol. The van der Waals surface area contributed by atoms with Crippen LogP contribution in [0.3, 0.4) is 0 Å². The molecule has 0 aliphatic heterocycles. The van der Waals surface area contributed by atoms with Crippen LogP contribution >= 0.6 is 23.2 Å². The third-order valence-corrected chi connectivity index (χ3v) is 5.68. The van der Waals surface area contributed by atoms with Gasteiger partial charge in [0.1, 0.15) is 6.54 Å². The van der Waals surface area contributed by atoms with Crippen LogP contribution in [0.4, 0.5) is 5.69 Å². The van der Waals surface area contributed by atoms with Crippen molar-refractivity contribution in [2.24, 2.45) is 0 Å². The molecular formula is C17H17Cl2NO4S. The predicted octanol–water partition coefficient (Wildman–Crippen LogP) is 4.06. The van der Waals surface area contributed by atoms with Gasteiger partial charge in [0.2, 0.25) is 0 Å². The number of aryl methyl sites for hydroxylation is 1. The molecule has 134 valence electrons. The number of benzene rings is 2. The summed E-state index contributed by atoms with van der Waals surface area (Å²) in [6.45, 7) is 3.09. The minimum atomic E-state index is -4.01. The SMILES string of the molecule is CCOC(=O)CN(c1cc(Cl)ccc1C)S(=O)(=O)c1ccc(Cl)cc1. The van der Waals surface area contributed by atoms with E-state index < -0.39 is 22.5 Å². The van der Waals surface area contributed by atoms with Gasteiger partial charge in [0.15, 0.2) is 0 Å². The molecule has 0 heterocycles. The van der Waals surface area contributed by atoms with Gasteiger partial charge in [-0.3, -0.25) is 9.10 Å². The molecule has 2 aromatic carbocycles. The van der Waals surface area contributed by atoms with Gasteiger partial charge >= 0.3 is 5.97 Å². The zero-order valence-corrected chi connectivity index (χ0v) is 16.0. The Balaban J connectivity index is 2.55. The fourth-order valence-electron chi connectivity index (χ4n) is 2.21. The summed E-state index contributed by atoms with van der Waals surface area (Å²) >= 11 is 11.9. The summed E-state index contributed by atoms with van der Waals surface area (Å²) in [7, 11) is -4.01. The van der Waals surface area contributed by atoms with Crippen molar-refractivity contribution < 1.29 is 17.9 Å². The fourth-order valence-corrected chi connectivity index (χ4v) is 3.97. The standard InChI is InChI=1S/C17H17Cl2NO4S/c1-3-24-17(21)11-20(16-10-14(19)5-4-12(16)2)25(22,23)15-8-6-13(18)7-9-15/h4-10H,3,11H2,1-2H3. The topological polar surface area (TPSA) is 63.7 Å². The molecule has 0 aliphatic carbocycles. The number of esters is 1. The molecule has 0 saturated heterocycles. The van der Waals surface area contributed by atoms with E-state index in [1.165, 1.54) is 30.3 Å². The van der Waals surface area contributed by atoms with Gasteiger partial charge in [-0.25, -0.2) is 8.42 Å². The summed E-state index contributed by atoms with van der Waals surface area (Å²) in [6.07, 6.45) is 0. The maximum absolute atomic E-state index is 13.1. The van der Waals surface area contributed by atoms with Crippen molar-refractivity contribution in [1.82, 2.24) is 0 Å². The van der Waals surface area contributed by atoms with E-state index in [9.17, 15) is 13.2 Å². The Kier molecular flexibility index (Phi) is 6.32. The van der Waals surface area contributed by atoms with Crippen LogP contribution in [0.5, 0.6) is 0 Å². The first-order valence-electron chi connectivity index (χ1n) is 7.45. The van der Waals surface area contributed by atoms with Gasteiger partial charge in [-0.15, -0.1) is 0 Å². The van der Waals surface area contributed by atoms with Gasteiger partial charge in [0.25, 0.3) is 10.0 Å². The molecule has 0 aliphatic rings. The third-order valence-electron chi connectivity index (χ3n) is 3.42. The zero-order chi connectivity index (χ0) is 18.6. The molecule has 8 heteroatoms. The summed E-state index contributed by atoms with van der Waals surface area (Å²) in [5, 5.41) is 0.774. The van der Waals surface area contributed by atoms with Crippen molar-refractivity contribution in [3.8, 4) is 0 Å². The molecule has 0 radical (unpaired) electrons. The van der Waals surface area contributed by atoms with E-state index in [0.717, 1.165) is 4.31 Å². The second-order valence-electron chi connectivity index (χ2n) is 5.20. The molecule has 0 atom stereocenters. The smallest absolute Gasteiger partial charge is 0.326 e. The summed E-state index contributed by atoms with van der Waals surface area (Å²) < 4.78 is 32.1. The van der Waals surface area contributed by atoms with Crippen molar-refractivity contribution in [2.75, 3.05) is 17.5 Å². The molecule has 0 fully saturated rings. The maximum Gasteiger partial charge on any atom is 0.326 e. The molecule has 0 aromatic heterocycles. The Morgan fingerprint density at radius 2 is 1.68 bits per heavy atom. The Labute approximate surface area is 157 Å². The highest BCUT2D eigenvalue weighted by Gasteiger charge is 2.29. The van der Waals surface area contributed by atoms with Crippen molar-refractivity contribution in [2.45, 2.75) is 18.7 Å². The number of carbonyl (C=O) groups is 1. The average molecular weight is 402 g/mol. The first-order valence-corrected chi connectivity index (χ1v) is 9.65. The number of sulfonamides is 1. The highest BCUT2D eigenvalue weighted by molar-refractivity contribution is 7.92. The number of hydrogen-bond acceptors (Lipinski definition) is 4. The second-order valence-corrected chi connectivity index (χ2v) is 7.94. The molecule has 5 nitrogen and oxygen atoms in total. The Hall–Kier alpha value is -1.76. The largest absolute Gasteiger partial charge is 0.465 e. The van der Waals surface area contributed by atoms with Crippen molar-refractivity contribution in [1.29, 1.82) is 0 Å². The van der Waals surface area contributed by atoms with Gasteiger partial charge < -0.3 is 4.74 Å². The summed E-state index contributed by atoms with van der Waals surface area (Å²) in [5.74, 6) is -0.653. The van der Waals surface area contributed by atoms with Crippen LogP contribution in [-0.2, 0) is 19.6 Å². The van der Waals surface area contributed by atoms with Gasteiger partial charge in [-0.05, 0) is 55.8 Å². The molecule has 0 bridgehead atoms. The summed E-state index contributed by atoms with van der Waals surface area (Å²) in [4.78, 5) is 12.0. The van der Waals surface area contributed by atoms with Gasteiger partial charge in [-0.2, -0.15) is 0 Å². The van der Waals surface area contributed by atoms with E-state index in [0.29, 0.717) is 21.3 Å². The Bertz CT molecular complexity index is 867. The monoisotopic (exact) mass is 401 g/mol. The van der Waals surface area contributed by atoms with Crippen LogP contribution in [0.15, 0.2) is 47.4 Å². The molecule has 0 spiro atoms. The van der Waals surface area contributed by atoms with Crippen molar-refractivity contribution in [3.05, 3.63) is 58.1 Å². The minimum Gasteiger partial charge on any atom is -0.465 e. The number of anilines is 1. The number of rotatable bonds is 6. The number of halogens is 2. The molecule has 0 amide bonds. The quantitative estimate of drug-likeness (QED) is 0.684. The van der Waals surface area contributed by atoms with E-state index in [2.05, 4.69) is 0 Å². The van der Waals surface area contributed by atoms with E-state index in [1.807, 2.05) is 0 Å². The van der Waals surface area contributed by atoms with Crippen LogP contribution in [0.2, 0.25) is 10.0 Å². The molecule has 2 rings (SSSR count). The highest BCUT2D eigenvalue weighted by Crippen LogP contribution is 2.30. The highest BCUT2D eigenvalue weighted by atomic mass is 35.5. The van der Waals surface area contributed by atoms with Crippen LogP contribution in [0.25, 0.3) is 0 Å². The molecule has 0 saturated carbocycles. The fraction of sp³-hybridized carbons (Fsp3) is 0.235. The van der Waals surface area contributed by atoms with Crippen LogP contribution < -0.4 is 4.31 Å². The second kappa shape index (κ2) is 8.08. The third kappa shape index (κ3) is 4.66. The predicted molar refractivity (Wildman–Crippen MR) is 98.8 cm³/mol. The van der Waals surface area contributed by atoms with Gasteiger partial charge in [-0.1, -0.05) is 29.3 Å². The molecule has 0 N–H and O–H groups in total. The van der Waals surface area contributed by atoms with Gasteiger partial charge in [0, 0.05) is 10.0 Å². The number of hydrogen-bond donors (Lipinski definition) is 0. The summed E-state index contributed by atoms with van der Waals surface area (Å²) in [5.41, 5.74) is 0.974. The minimum absolute atomic E-state index is 0.0144. The van der Waals surface area contributed by atoms with E-state index in [-0.39, 0.29) is 11.5 Å². The lowest BCUT2D eigenvalue weighted by Gasteiger charge is -2.25. The van der Waals surface area contributed by atoms with Crippen molar-refractivity contribution >= 4 is 44.9 Å². The molecule has 0 unspecified atom stereocenters. The first-order chi connectivity index (χ1) is 11.8. The van der Waals surface area contributed by atoms with Crippen molar-refractivity contribution in [3.63, 3.8) is 0 Å². The van der Waals surface area contributed by atoms with Crippen LogP contribution in [-0.4, -0.2) is 27.5 Å².